The molecule has 7 nitrogen and oxygen atoms in total. The highest BCUT2D eigenvalue weighted by Crippen LogP contribution is 2.40. The molecule has 186 valence electrons. The van der Waals surface area contributed by atoms with Crippen LogP contribution in [0.25, 0.3) is 0 Å². The molecule has 1 aliphatic heterocycles. The Labute approximate surface area is 216 Å². The lowest BCUT2D eigenvalue weighted by Crippen LogP contribution is -2.54. The summed E-state index contributed by atoms with van der Waals surface area (Å²) < 4.78 is 23.2. The Morgan fingerprint density at radius 2 is 1.30 bits per heavy atom. The molecule has 3 aromatic carbocycles. The number of esters is 3. The summed E-state index contributed by atoms with van der Waals surface area (Å²) in [5.74, 6) is -1.94. The molecule has 1 fully saturated rings. The number of benzene rings is 3. The second-order valence-corrected chi connectivity index (χ2v) is 8.45. The van der Waals surface area contributed by atoms with Gasteiger partial charge in [0.25, 0.3) is 0 Å². The van der Waals surface area contributed by atoms with Crippen LogP contribution in [-0.2, 0) is 18.9 Å². The quantitative estimate of drug-likeness (QED) is 0.191. The Balaban J connectivity index is 1.63. The number of carbonyl (C=O) groups excluding carboxylic acids is 3. The first kappa shape index (κ1) is 25.9. The Morgan fingerprint density at radius 1 is 0.811 bits per heavy atom. The summed E-state index contributed by atoms with van der Waals surface area (Å²) in [6.07, 6.45) is -0.700. The van der Waals surface area contributed by atoms with Crippen molar-refractivity contribution in [2.24, 2.45) is 0 Å². The van der Waals surface area contributed by atoms with Gasteiger partial charge in [-0.15, -0.1) is 6.58 Å². The maximum Gasteiger partial charge on any atom is 0.338 e. The third kappa shape index (κ3) is 5.81. The molecule has 4 rings (SSSR count). The Morgan fingerprint density at radius 3 is 1.81 bits per heavy atom. The van der Waals surface area contributed by atoms with Gasteiger partial charge in [-0.1, -0.05) is 60.7 Å². The van der Waals surface area contributed by atoms with E-state index in [-0.39, 0.29) is 24.2 Å². The summed E-state index contributed by atoms with van der Waals surface area (Å²) in [7, 11) is 6.36. The lowest BCUT2D eigenvalue weighted by molar-refractivity contribution is -0.0858. The summed E-state index contributed by atoms with van der Waals surface area (Å²) in [5.41, 5.74) is -0.714. The van der Waals surface area contributed by atoms with E-state index in [1.54, 1.807) is 91.0 Å². The maximum atomic E-state index is 13.1. The summed E-state index contributed by atoms with van der Waals surface area (Å²) in [5, 5.41) is 0. The number of ether oxygens (including phenoxy) is 4. The molecule has 0 aromatic heterocycles. The summed E-state index contributed by atoms with van der Waals surface area (Å²) >= 11 is 0. The van der Waals surface area contributed by atoms with Crippen LogP contribution in [0.1, 0.15) is 37.5 Å². The van der Waals surface area contributed by atoms with E-state index in [1.165, 1.54) is 6.08 Å². The molecular formula is C29H25BO7. The first-order valence-corrected chi connectivity index (χ1v) is 11.7. The molecule has 37 heavy (non-hydrogen) atoms. The number of hydrogen-bond donors (Lipinski definition) is 0. The van der Waals surface area contributed by atoms with E-state index in [1.807, 2.05) is 0 Å². The molecule has 1 saturated heterocycles. The fourth-order valence-electron chi connectivity index (χ4n) is 4.15. The molecule has 8 heteroatoms. The fourth-order valence-corrected chi connectivity index (χ4v) is 4.15. The second kappa shape index (κ2) is 11.7. The molecule has 0 amide bonds. The van der Waals surface area contributed by atoms with Gasteiger partial charge in [-0.25, -0.2) is 14.4 Å². The average Bonchev–Trinajstić information content (AvgIpc) is 3.18. The van der Waals surface area contributed by atoms with Crippen LogP contribution in [0, 0.1) is 0 Å². The smallest absolute Gasteiger partial charge is 0.338 e. The van der Waals surface area contributed by atoms with Gasteiger partial charge in [-0.3, -0.25) is 0 Å². The SMILES string of the molecule is [B]C1OC(COC(=O)c2ccccc2)C(OC(=O)c2ccccc2)C1(CC=C)OC(=O)c1ccccc1. The third-order valence-corrected chi connectivity index (χ3v) is 6.01. The van der Waals surface area contributed by atoms with Crippen LogP contribution in [-0.4, -0.2) is 56.2 Å². The van der Waals surface area contributed by atoms with Crippen molar-refractivity contribution in [3.05, 3.63) is 120 Å². The van der Waals surface area contributed by atoms with E-state index in [4.69, 9.17) is 26.8 Å². The summed E-state index contributed by atoms with van der Waals surface area (Å²) in [4.78, 5) is 38.7. The maximum absolute atomic E-state index is 13.1. The molecule has 0 saturated carbocycles. The van der Waals surface area contributed by atoms with Crippen LogP contribution in [0.4, 0.5) is 0 Å². The van der Waals surface area contributed by atoms with Gasteiger partial charge in [0.15, 0.2) is 11.7 Å². The van der Waals surface area contributed by atoms with E-state index >= 15 is 0 Å². The number of hydrogen-bond acceptors (Lipinski definition) is 7. The standard InChI is InChI=1S/C29H25BO7/c1-2-18-29(37-27(33)22-16-10-5-11-17-22)24(36-26(32)21-14-8-4-9-15-21)23(35-28(29)30)19-34-25(31)20-12-6-3-7-13-20/h2-17,23-24,28H,1,18-19H2. The number of rotatable bonds is 9. The monoisotopic (exact) mass is 496 g/mol. The van der Waals surface area contributed by atoms with Gasteiger partial charge in [-0.05, 0) is 36.4 Å². The van der Waals surface area contributed by atoms with E-state index in [9.17, 15) is 14.4 Å². The predicted molar refractivity (Wildman–Crippen MR) is 136 cm³/mol. The topological polar surface area (TPSA) is 88.1 Å². The highest BCUT2D eigenvalue weighted by atomic mass is 16.7. The van der Waals surface area contributed by atoms with Crippen molar-refractivity contribution in [1.82, 2.24) is 0 Å². The van der Waals surface area contributed by atoms with E-state index < -0.39 is 41.7 Å². The molecule has 0 aliphatic carbocycles. The number of carbonyl (C=O) groups is 3. The second-order valence-electron chi connectivity index (χ2n) is 8.45. The summed E-state index contributed by atoms with van der Waals surface area (Å²) in [6.45, 7) is 3.47. The molecule has 1 heterocycles. The van der Waals surface area contributed by atoms with Crippen LogP contribution in [0.2, 0.25) is 0 Å². The van der Waals surface area contributed by atoms with E-state index in [0.29, 0.717) is 5.56 Å². The largest absolute Gasteiger partial charge is 0.459 e. The predicted octanol–water partition coefficient (Wildman–Crippen LogP) is 4.13. The van der Waals surface area contributed by atoms with E-state index in [2.05, 4.69) is 6.58 Å². The van der Waals surface area contributed by atoms with Crippen molar-refractivity contribution in [3.63, 3.8) is 0 Å². The van der Waals surface area contributed by atoms with Gasteiger partial charge in [0.05, 0.1) is 22.7 Å². The molecule has 3 aromatic rings. The zero-order chi connectivity index (χ0) is 26.3. The highest BCUT2D eigenvalue weighted by Gasteiger charge is 2.59. The van der Waals surface area contributed by atoms with Crippen LogP contribution in [0.5, 0.6) is 0 Å². The molecule has 2 radical (unpaired) electrons. The third-order valence-electron chi connectivity index (χ3n) is 6.01. The normalized spacial score (nSPS) is 22.5. The van der Waals surface area contributed by atoms with Crippen molar-refractivity contribution in [3.8, 4) is 0 Å². The first-order chi connectivity index (χ1) is 17.9. The van der Waals surface area contributed by atoms with E-state index in [0.717, 1.165) is 0 Å². The molecule has 0 N–H and O–H groups in total. The van der Waals surface area contributed by atoms with Gasteiger partial charge in [-0.2, -0.15) is 0 Å². The van der Waals surface area contributed by atoms with Crippen LogP contribution < -0.4 is 0 Å². The van der Waals surface area contributed by atoms with Crippen molar-refractivity contribution in [2.45, 2.75) is 30.2 Å². The Bertz CT molecular complexity index is 1230. The fraction of sp³-hybridized carbons (Fsp3) is 0.207. The van der Waals surface area contributed by atoms with Crippen molar-refractivity contribution in [1.29, 1.82) is 0 Å². The summed E-state index contributed by atoms with van der Waals surface area (Å²) in [6, 6.07) is 23.9. The van der Waals surface area contributed by atoms with Crippen LogP contribution >= 0.6 is 0 Å². The molecule has 1 aliphatic rings. The lowest BCUT2D eigenvalue weighted by Gasteiger charge is -2.36. The zero-order valence-electron chi connectivity index (χ0n) is 20.0. The van der Waals surface area contributed by atoms with Crippen LogP contribution in [0.3, 0.4) is 0 Å². The Hall–Kier alpha value is -4.17. The minimum absolute atomic E-state index is 0.0165. The molecular weight excluding hydrogens is 471 g/mol. The van der Waals surface area contributed by atoms with Gasteiger partial charge in [0, 0.05) is 6.42 Å². The van der Waals surface area contributed by atoms with Crippen LogP contribution in [0.15, 0.2) is 104 Å². The highest BCUT2D eigenvalue weighted by molar-refractivity contribution is 6.12. The van der Waals surface area contributed by atoms with Crippen molar-refractivity contribution >= 4 is 25.8 Å². The van der Waals surface area contributed by atoms with Gasteiger partial charge >= 0.3 is 17.9 Å². The first-order valence-electron chi connectivity index (χ1n) is 11.7. The average molecular weight is 496 g/mol. The van der Waals surface area contributed by atoms with Gasteiger partial charge in [0.1, 0.15) is 20.6 Å². The van der Waals surface area contributed by atoms with Crippen molar-refractivity contribution < 1.29 is 33.3 Å². The Kier molecular flexibility index (Phi) is 8.20. The minimum Gasteiger partial charge on any atom is -0.459 e. The van der Waals surface area contributed by atoms with Gasteiger partial charge < -0.3 is 18.9 Å². The van der Waals surface area contributed by atoms with Gasteiger partial charge in [0.2, 0.25) is 0 Å². The molecule has 4 atom stereocenters. The molecule has 0 bridgehead atoms. The zero-order valence-corrected chi connectivity index (χ0v) is 20.0. The molecule has 4 unspecified atom stereocenters. The molecule has 0 spiro atoms. The lowest BCUT2D eigenvalue weighted by atomic mass is 9.77. The minimum atomic E-state index is -1.62. The van der Waals surface area contributed by atoms with Crippen molar-refractivity contribution in [2.75, 3.05) is 6.61 Å².